The van der Waals surface area contributed by atoms with Gasteiger partial charge in [-0.2, -0.15) is 0 Å². The van der Waals surface area contributed by atoms with Crippen molar-refractivity contribution in [3.8, 4) is 5.75 Å². The molecule has 6 heteroatoms. The normalized spacial score (nSPS) is 13.7. The Morgan fingerprint density at radius 1 is 0.871 bits per heavy atom. The standard InChI is InChI=1S/C25H21FN2O3/c1-31-21-13-7-17(8-14-21)15-16-28-24(29)22(18-5-3-2-4-6-18)23(25(28)30)27-20-11-9-19(26)10-12-20/h2-14,27H,15-16H2,1H3. The molecule has 0 bridgehead atoms. The second-order valence-corrected chi connectivity index (χ2v) is 7.11. The SMILES string of the molecule is COc1ccc(CCN2C(=O)C(Nc3ccc(F)cc3)=C(c3ccccc3)C2=O)cc1. The number of benzene rings is 3. The molecule has 0 atom stereocenters. The van der Waals surface area contributed by atoms with Gasteiger partial charge in [0, 0.05) is 12.2 Å². The van der Waals surface area contributed by atoms with Gasteiger partial charge in [0.15, 0.2) is 0 Å². The zero-order valence-corrected chi connectivity index (χ0v) is 17.0. The van der Waals surface area contributed by atoms with Crippen LogP contribution in [0.2, 0.25) is 0 Å². The molecule has 3 aromatic rings. The summed E-state index contributed by atoms with van der Waals surface area (Å²) in [6.45, 7) is 0.245. The lowest BCUT2D eigenvalue weighted by atomic mass is 10.0. The van der Waals surface area contributed by atoms with Crippen LogP contribution in [0.1, 0.15) is 11.1 Å². The Morgan fingerprint density at radius 3 is 2.19 bits per heavy atom. The highest BCUT2D eigenvalue weighted by Gasteiger charge is 2.38. The smallest absolute Gasteiger partial charge is 0.278 e. The summed E-state index contributed by atoms with van der Waals surface area (Å²) in [4.78, 5) is 27.7. The highest BCUT2D eigenvalue weighted by Crippen LogP contribution is 2.30. The van der Waals surface area contributed by atoms with E-state index >= 15 is 0 Å². The van der Waals surface area contributed by atoms with Gasteiger partial charge in [-0.1, -0.05) is 42.5 Å². The second kappa shape index (κ2) is 8.83. The zero-order valence-electron chi connectivity index (χ0n) is 17.0. The Balaban J connectivity index is 1.60. The van der Waals surface area contributed by atoms with Crippen molar-refractivity contribution in [3.63, 3.8) is 0 Å². The molecule has 1 N–H and O–H groups in total. The van der Waals surface area contributed by atoms with Gasteiger partial charge in [-0.25, -0.2) is 4.39 Å². The van der Waals surface area contributed by atoms with Crippen LogP contribution in [-0.2, 0) is 16.0 Å². The molecule has 2 amide bonds. The Kier molecular flexibility index (Phi) is 5.80. The average Bonchev–Trinajstić information content (AvgIpc) is 3.03. The van der Waals surface area contributed by atoms with Gasteiger partial charge in [-0.15, -0.1) is 0 Å². The summed E-state index contributed by atoms with van der Waals surface area (Å²) in [6, 6.07) is 22.2. The predicted molar refractivity (Wildman–Crippen MR) is 117 cm³/mol. The molecule has 0 aliphatic carbocycles. The predicted octanol–water partition coefficient (Wildman–Crippen LogP) is 4.27. The van der Waals surface area contributed by atoms with Crippen LogP contribution in [0.5, 0.6) is 5.75 Å². The van der Waals surface area contributed by atoms with E-state index in [9.17, 15) is 14.0 Å². The van der Waals surface area contributed by atoms with Crippen LogP contribution in [-0.4, -0.2) is 30.4 Å². The number of nitrogens with one attached hydrogen (secondary N) is 1. The first-order chi connectivity index (χ1) is 15.1. The maximum Gasteiger partial charge on any atom is 0.278 e. The summed E-state index contributed by atoms with van der Waals surface area (Å²) in [5.41, 5.74) is 2.67. The van der Waals surface area contributed by atoms with E-state index in [1.807, 2.05) is 42.5 Å². The molecule has 1 heterocycles. The molecule has 1 aliphatic heterocycles. The number of carbonyl (C=O) groups excluding carboxylic acids is 2. The number of hydrogen-bond donors (Lipinski definition) is 1. The van der Waals surface area contributed by atoms with E-state index in [1.165, 1.54) is 29.2 Å². The average molecular weight is 416 g/mol. The number of amides is 2. The van der Waals surface area contributed by atoms with Crippen molar-refractivity contribution in [2.45, 2.75) is 6.42 Å². The Labute approximate surface area is 179 Å². The van der Waals surface area contributed by atoms with E-state index in [2.05, 4.69) is 5.32 Å². The zero-order chi connectivity index (χ0) is 21.8. The molecule has 0 spiro atoms. The Morgan fingerprint density at radius 2 is 1.55 bits per heavy atom. The minimum atomic E-state index is -0.401. The number of ether oxygens (including phenoxy) is 1. The molecule has 0 unspecified atom stereocenters. The fraction of sp³-hybridized carbons (Fsp3) is 0.120. The van der Waals surface area contributed by atoms with Gasteiger partial charge >= 0.3 is 0 Å². The van der Waals surface area contributed by atoms with E-state index in [1.54, 1.807) is 19.2 Å². The van der Waals surface area contributed by atoms with Gasteiger partial charge in [0.05, 0.1) is 12.7 Å². The molecule has 4 rings (SSSR count). The van der Waals surface area contributed by atoms with Crippen molar-refractivity contribution in [1.82, 2.24) is 4.90 Å². The van der Waals surface area contributed by atoms with Crippen LogP contribution in [0.3, 0.4) is 0 Å². The van der Waals surface area contributed by atoms with Crippen molar-refractivity contribution in [2.24, 2.45) is 0 Å². The minimum Gasteiger partial charge on any atom is -0.497 e. The van der Waals surface area contributed by atoms with Crippen LogP contribution >= 0.6 is 0 Å². The van der Waals surface area contributed by atoms with E-state index in [0.29, 0.717) is 23.2 Å². The molecule has 156 valence electrons. The molecule has 31 heavy (non-hydrogen) atoms. The van der Waals surface area contributed by atoms with Gasteiger partial charge in [0.1, 0.15) is 17.3 Å². The lowest BCUT2D eigenvalue weighted by molar-refractivity contribution is -0.136. The van der Waals surface area contributed by atoms with E-state index < -0.39 is 5.91 Å². The van der Waals surface area contributed by atoms with Crippen molar-refractivity contribution in [3.05, 3.63) is 102 Å². The summed E-state index contributed by atoms with van der Waals surface area (Å²) in [7, 11) is 1.60. The van der Waals surface area contributed by atoms with Gasteiger partial charge in [-0.3, -0.25) is 14.5 Å². The van der Waals surface area contributed by atoms with Crippen molar-refractivity contribution in [1.29, 1.82) is 0 Å². The van der Waals surface area contributed by atoms with Crippen LogP contribution in [0.25, 0.3) is 5.57 Å². The number of imide groups is 1. The fourth-order valence-corrected chi connectivity index (χ4v) is 3.48. The molecule has 0 aromatic heterocycles. The summed E-state index contributed by atoms with van der Waals surface area (Å²) >= 11 is 0. The number of carbonyl (C=O) groups is 2. The monoisotopic (exact) mass is 416 g/mol. The number of anilines is 1. The molecular weight excluding hydrogens is 395 g/mol. The number of halogens is 1. The number of rotatable bonds is 7. The highest BCUT2D eigenvalue weighted by molar-refractivity contribution is 6.36. The largest absolute Gasteiger partial charge is 0.497 e. The third kappa shape index (κ3) is 4.33. The summed E-state index contributed by atoms with van der Waals surface area (Å²) in [6.07, 6.45) is 0.521. The topological polar surface area (TPSA) is 58.6 Å². The first kappa shape index (κ1) is 20.3. The molecule has 0 saturated carbocycles. The molecule has 0 fully saturated rings. The van der Waals surface area contributed by atoms with Crippen LogP contribution in [0.15, 0.2) is 84.6 Å². The van der Waals surface area contributed by atoms with Crippen LogP contribution in [0.4, 0.5) is 10.1 Å². The summed E-state index contributed by atoms with van der Waals surface area (Å²) < 4.78 is 18.4. The van der Waals surface area contributed by atoms with Crippen molar-refractivity contribution in [2.75, 3.05) is 19.0 Å². The summed E-state index contributed by atoms with van der Waals surface area (Å²) in [5, 5.41) is 3.02. The van der Waals surface area contributed by atoms with E-state index in [0.717, 1.165) is 11.3 Å². The third-order valence-electron chi connectivity index (χ3n) is 5.13. The Hall–Kier alpha value is -3.93. The maximum atomic E-state index is 13.3. The van der Waals surface area contributed by atoms with Crippen molar-refractivity contribution < 1.29 is 18.7 Å². The van der Waals surface area contributed by atoms with Crippen molar-refractivity contribution >= 4 is 23.1 Å². The van der Waals surface area contributed by atoms with E-state index in [4.69, 9.17) is 4.74 Å². The summed E-state index contributed by atoms with van der Waals surface area (Å²) in [5.74, 6) is -0.385. The maximum absolute atomic E-state index is 13.3. The molecule has 0 saturated heterocycles. The quantitative estimate of drug-likeness (QED) is 0.585. The van der Waals surface area contributed by atoms with Gasteiger partial charge < -0.3 is 10.1 Å². The molecule has 0 radical (unpaired) electrons. The minimum absolute atomic E-state index is 0.192. The molecule has 1 aliphatic rings. The number of hydrogen-bond acceptors (Lipinski definition) is 4. The molecule has 5 nitrogen and oxygen atoms in total. The molecular formula is C25H21FN2O3. The molecule has 3 aromatic carbocycles. The van der Waals surface area contributed by atoms with Gasteiger partial charge in [0.25, 0.3) is 11.8 Å². The number of methoxy groups -OCH3 is 1. The first-order valence-corrected chi connectivity index (χ1v) is 9.88. The van der Waals surface area contributed by atoms with Crippen LogP contribution in [0, 0.1) is 5.82 Å². The van der Waals surface area contributed by atoms with Crippen LogP contribution < -0.4 is 10.1 Å². The first-order valence-electron chi connectivity index (χ1n) is 9.88. The number of nitrogens with zero attached hydrogens (tertiary/aromatic N) is 1. The third-order valence-corrected chi connectivity index (χ3v) is 5.13. The second-order valence-electron chi connectivity index (χ2n) is 7.11. The highest BCUT2D eigenvalue weighted by atomic mass is 19.1. The lowest BCUT2D eigenvalue weighted by Gasteiger charge is -2.15. The van der Waals surface area contributed by atoms with E-state index in [-0.39, 0.29) is 24.0 Å². The van der Waals surface area contributed by atoms with Gasteiger partial charge in [0.2, 0.25) is 0 Å². The van der Waals surface area contributed by atoms with Gasteiger partial charge in [-0.05, 0) is 53.9 Å². The lowest BCUT2D eigenvalue weighted by Crippen LogP contribution is -2.34. The Bertz CT molecular complexity index is 1120. The fourth-order valence-electron chi connectivity index (χ4n) is 3.48.